The maximum atomic E-state index is 11.7. The second-order valence-electron chi connectivity index (χ2n) is 4.47. The molecule has 1 aliphatic rings. The van der Waals surface area contributed by atoms with Crippen molar-refractivity contribution in [1.29, 1.82) is 0 Å². The molecule has 0 bridgehead atoms. The van der Waals surface area contributed by atoms with E-state index in [4.69, 9.17) is 0 Å². The van der Waals surface area contributed by atoms with Gasteiger partial charge in [0.15, 0.2) is 0 Å². The molecular weight excluding hydrogens is 232 g/mol. The fourth-order valence-electron chi connectivity index (χ4n) is 1.81. The van der Waals surface area contributed by atoms with Crippen molar-refractivity contribution in [3.05, 3.63) is 22.6 Å². The number of amides is 1. The monoisotopic (exact) mass is 250 g/mol. The molecule has 98 valence electrons. The van der Waals surface area contributed by atoms with Crippen LogP contribution in [0.25, 0.3) is 0 Å². The van der Waals surface area contributed by atoms with Crippen LogP contribution in [-0.4, -0.2) is 28.3 Å². The Morgan fingerprint density at radius 2 is 2.33 bits per heavy atom. The SMILES string of the molecule is CCNC(=O)Cn1ncc(NC2CCC2)cc1=O. The molecule has 0 radical (unpaired) electrons. The van der Waals surface area contributed by atoms with E-state index < -0.39 is 0 Å². The number of likely N-dealkylation sites (N-methyl/N-ethyl adjacent to an activating group) is 1. The summed E-state index contributed by atoms with van der Waals surface area (Å²) in [5.41, 5.74) is 0.474. The molecule has 1 aromatic rings. The van der Waals surface area contributed by atoms with Crippen LogP contribution in [0.15, 0.2) is 17.1 Å². The van der Waals surface area contributed by atoms with Gasteiger partial charge in [-0.1, -0.05) is 0 Å². The van der Waals surface area contributed by atoms with E-state index in [1.54, 1.807) is 6.20 Å². The van der Waals surface area contributed by atoms with Crippen LogP contribution in [0, 0.1) is 0 Å². The molecular formula is C12H18N4O2. The molecule has 0 spiro atoms. The van der Waals surface area contributed by atoms with E-state index in [2.05, 4.69) is 15.7 Å². The maximum Gasteiger partial charge on any atom is 0.269 e. The van der Waals surface area contributed by atoms with Gasteiger partial charge in [-0.15, -0.1) is 0 Å². The van der Waals surface area contributed by atoms with Crippen molar-refractivity contribution in [2.45, 2.75) is 38.8 Å². The average molecular weight is 250 g/mol. The first-order chi connectivity index (χ1) is 8.69. The maximum absolute atomic E-state index is 11.7. The summed E-state index contributed by atoms with van der Waals surface area (Å²) in [6.45, 7) is 2.35. The lowest BCUT2D eigenvalue weighted by atomic mass is 9.93. The number of rotatable bonds is 5. The first-order valence-corrected chi connectivity index (χ1v) is 6.29. The molecule has 1 saturated carbocycles. The lowest BCUT2D eigenvalue weighted by molar-refractivity contribution is -0.121. The number of anilines is 1. The van der Waals surface area contributed by atoms with Gasteiger partial charge in [0.25, 0.3) is 5.56 Å². The number of carbonyl (C=O) groups excluding carboxylic acids is 1. The van der Waals surface area contributed by atoms with Crippen molar-refractivity contribution < 1.29 is 4.79 Å². The first kappa shape index (κ1) is 12.6. The van der Waals surface area contributed by atoms with Crippen molar-refractivity contribution in [3.63, 3.8) is 0 Å². The minimum atomic E-state index is -0.259. The van der Waals surface area contributed by atoms with Gasteiger partial charge in [0.1, 0.15) is 6.54 Å². The highest BCUT2D eigenvalue weighted by Crippen LogP contribution is 2.21. The third-order valence-electron chi connectivity index (χ3n) is 3.01. The Morgan fingerprint density at radius 3 is 2.89 bits per heavy atom. The van der Waals surface area contributed by atoms with Crippen LogP contribution in [0.3, 0.4) is 0 Å². The van der Waals surface area contributed by atoms with Gasteiger partial charge in [0.05, 0.1) is 11.9 Å². The zero-order valence-corrected chi connectivity index (χ0v) is 10.5. The average Bonchev–Trinajstić information content (AvgIpc) is 2.27. The van der Waals surface area contributed by atoms with Crippen LogP contribution < -0.4 is 16.2 Å². The summed E-state index contributed by atoms with van der Waals surface area (Å²) in [6, 6.07) is 1.95. The van der Waals surface area contributed by atoms with Gasteiger partial charge in [0.2, 0.25) is 5.91 Å². The van der Waals surface area contributed by atoms with Gasteiger partial charge in [0, 0.05) is 18.7 Å². The number of aromatic nitrogens is 2. The van der Waals surface area contributed by atoms with Crippen LogP contribution in [0.5, 0.6) is 0 Å². The van der Waals surface area contributed by atoms with E-state index in [9.17, 15) is 9.59 Å². The predicted octanol–water partition coefficient (Wildman–Crippen LogP) is 0.344. The Labute approximate surface area is 105 Å². The Balaban J connectivity index is 2.00. The van der Waals surface area contributed by atoms with Gasteiger partial charge in [-0.25, -0.2) is 4.68 Å². The smallest absolute Gasteiger partial charge is 0.269 e. The van der Waals surface area contributed by atoms with Crippen LogP contribution in [0.4, 0.5) is 5.69 Å². The highest BCUT2D eigenvalue weighted by molar-refractivity contribution is 5.75. The van der Waals surface area contributed by atoms with Crippen molar-refractivity contribution in [3.8, 4) is 0 Å². The Bertz CT molecular complexity index is 479. The normalized spacial score (nSPS) is 14.9. The van der Waals surface area contributed by atoms with E-state index in [-0.39, 0.29) is 18.0 Å². The molecule has 1 heterocycles. The second kappa shape index (κ2) is 5.66. The fraction of sp³-hybridized carbons (Fsp3) is 0.583. The third-order valence-corrected chi connectivity index (χ3v) is 3.01. The number of hydrogen-bond donors (Lipinski definition) is 2. The number of carbonyl (C=O) groups is 1. The zero-order valence-electron chi connectivity index (χ0n) is 10.5. The second-order valence-corrected chi connectivity index (χ2v) is 4.47. The zero-order chi connectivity index (χ0) is 13.0. The summed E-state index contributed by atoms with van der Waals surface area (Å²) in [6.07, 6.45) is 5.11. The quantitative estimate of drug-likeness (QED) is 0.790. The third kappa shape index (κ3) is 3.09. The van der Waals surface area contributed by atoms with E-state index in [0.717, 1.165) is 23.2 Å². The molecule has 0 atom stereocenters. The van der Waals surface area contributed by atoms with Gasteiger partial charge in [-0.3, -0.25) is 9.59 Å². The van der Waals surface area contributed by atoms with Crippen LogP contribution in [0.1, 0.15) is 26.2 Å². The minimum absolute atomic E-state index is 0.0314. The van der Waals surface area contributed by atoms with Crippen molar-refractivity contribution in [2.75, 3.05) is 11.9 Å². The predicted molar refractivity (Wildman–Crippen MR) is 68.4 cm³/mol. The highest BCUT2D eigenvalue weighted by Gasteiger charge is 2.17. The standard InChI is InChI=1S/C12H18N4O2/c1-2-13-11(17)8-16-12(18)6-10(7-14-16)15-9-4-3-5-9/h6-7,9,15H,2-5,8H2,1H3,(H,13,17). The van der Waals surface area contributed by atoms with Gasteiger partial charge in [-0.05, 0) is 26.2 Å². The number of nitrogens with one attached hydrogen (secondary N) is 2. The van der Waals surface area contributed by atoms with Gasteiger partial charge in [-0.2, -0.15) is 5.10 Å². The lowest BCUT2D eigenvalue weighted by Crippen LogP contribution is -2.34. The molecule has 2 N–H and O–H groups in total. The van der Waals surface area contributed by atoms with E-state index >= 15 is 0 Å². The topological polar surface area (TPSA) is 76.0 Å². The number of nitrogens with zero attached hydrogens (tertiary/aromatic N) is 2. The van der Waals surface area contributed by atoms with E-state index in [0.29, 0.717) is 12.6 Å². The lowest BCUT2D eigenvalue weighted by Gasteiger charge is -2.27. The molecule has 0 aliphatic heterocycles. The van der Waals surface area contributed by atoms with Crippen LogP contribution in [0.2, 0.25) is 0 Å². The minimum Gasteiger partial charge on any atom is -0.381 e. The summed E-state index contributed by atoms with van der Waals surface area (Å²) < 4.78 is 1.16. The summed E-state index contributed by atoms with van der Waals surface area (Å²) >= 11 is 0. The molecule has 1 amide bonds. The van der Waals surface area contributed by atoms with Crippen LogP contribution in [-0.2, 0) is 11.3 Å². The largest absolute Gasteiger partial charge is 0.381 e. The molecule has 1 fully saturated rings. The Hall–Kier alpha value is -1.85. The molecule has 0 unspecified atom stereocenters. The van der Waals surface area contributed by atoms with Crippen LogP contribution >= 0.6 is 0 Å². The van der Waals surface area contributed by atoms with Crippen molar-refractivity contribution in [2.24, 2.45) is 0 Å². The summed E-state index contributed by atoms with van der Waals surface area (Å²) in [7, 11) is 0. The molecule has 2 rings (SSSR count). The molecule has 0 saturated heterocycles. The van der Waals surface area contributed by atoms with E-state index in [1.807, 2.05) is 6.92 Å². The molecule has 1 aromatic heterocycles. The number of hydrogen-bond acceptors (Lipinski definition) is 4. The Morgan fingerprint density at radius 1 is 1.56 bits per heavy atom. The molecule has 6 nitrogen and oxygen atoms in total. The summed E-state index contributed by atoms with van der Waals surface area (Å²) in [4.78, 5) is 23.1. The van der Waals surface area contributed by atoms with Crippen molar-refractivity contribution in [1.82, 2.24) is 15.1 Å². The highest BCUT2D eigenvalue weighted by atomic mass is 16.2. The fourth-order valence-corrected chi connectivity index (χ4v) is 1.81. The summed E-state index contributed by atoms with van der Waals surface area (Å²) in [5.74, 6) is -0.202. The van der Waals surface area contributed by atoms with Crippen molar-refractivity contribution >= 4 is 11.6 Å². The van der Waals surface area contributed by atoms with E-state index in [1.165, 1.54) is 12.5 Å². The first-order valence-electron chi connectivity index (χ1n) is 6.29. The van der Waals surface area contributed by atoms with Gasteiger partial charge >= 0.3 is 0 Å². The Kier molecular flexibility index (Phi) is 3.96. The van der Waals surface area contributed by atoms with Gasteiger partial charge < -0.3 is 10.6 Å². The molecule has 1 aliphatic carbocycles. The molecule has 6 heteroatoms. The molecule has 18 heavy (non-hydrogen) atoms. The molecule has 0 aromatic carbocycles. The summed E-state index contributed by atoms with van der Waals surface area (Å²) in [5, 5.41) is 9.87.